The molecule has 42 heavy (non-hydrogen) atoms. The number of amides is 3. The van der Waals surface area contributed by atoms with Crippen molar-refractivity contribution < 1.29 is 23.8 Å². The van der Waals surface area contributed by atoms with Crippen molar-refractivity contribution in [3.8, 4) is 17.1 Å². The van der Waals surface area contributed by atoms with Crippen molar-refractivity contribution in [1.82, 2.24) is 19.8 Å². The van der Waals surface area contributed by atoms with Crippen LogP contribution in [0.25, 0.3) is 11.4 Å². The van der Waals surface area contributed by atoms with Gasteiger partial charge in [0.15, 0.2) is 0 Å². The number of urea groups is 1. The Hall–Kier alpha value is -4.25. The van der Waals surface area contributed by atoms with Gasteiger partial charge in [-0.05, 0) is 47.0 Å². The lowest BCUT2D eigenvalue weighted by atomic mass is 10.1. The number of nitrogens with zero attached hydrogens (tertiary/aromatic N) is 4. The number of imide groups is 1. The summed E-state index contributed by atoms with van der Waals surface area (Å²) in [5.41, 5.74) is 4.77. The number of rotatable bonds is 9. The largest absolute Gasteiger partial charge is 0.489 e. The van der Waals surface area contributed by atoms with E-state index in [1.165, 1.54) is 22.1 Å². The Labute approximate surface area is 247 Å². The van der Waals surface area contributed by atoms with E-state index in [2.05, 4.69) is 27.3 Å². The summed E-state index contributed by atoms with van der Waals surface area (Å²) >= 11 is 6.10. The van der Waals surface area contributed by atoms with Crippen molar-refractivity contribution >= 4 is 29.4 Å². The number of nitrogens with one attached hydrogen (secondary N) is 1. The first-order valence-electron chi connectivity index (χ1n) is 13.7. The number of hydrogen-bond donors (Lipinski definition) is 2. The van der Waals surface area contributed by atoms with Gasteiger partial charge in [-0.1, -0.05) is 41.9 Å². The van der Waals surface area contributed by atoms with Gasteiger partial charge in [-0.15, -0.1) is 0 Å². The molecule has 3 amide bonds. The van der Waals surface area contributed by atoms with E-state index in [1.807, 2.05) is 34.9 Å². The maximum atomic E-state index is 14.0. The fraction of sp³-hybridized carbons (Fsp3) is 0.258. The molecule has 3 heterocycles. The SMILES string of the molecule is O=C1CCN(c2cnc(-c3ccc4c(c3)CN(Cc3ccc(OCc5c(F)cccc5Cl)cc3)C4)n2CCO)C(=O)N1. The fourth-order valence-electron chi connectivity index (χ4n) is 5.41. The van der Waals surface area contributed by atoms with Crippen LogP contribution >= 0.6 is 11.6 Å². The number of halogens is 2. The number of imidazole rings is 1. The second kappa shape index (κ2) is 11.9. The van der Waals surface area contributed by atoms with Gasteiger partial charge in [0.05, 0.1) is 17.8 Å². The molecule has 0 saturated carbocycles. The molecule has 0 unspecified atom stereocenters. The lowest BCUT2D eigenvalue weighted by Gasteiger charge is -2.27. The molecule has 2 N–H and O–H groups in total. The Kier molecular flexibility index (Phi) is 7.92. The van der Waals surface area contributed by atoms with E-state index in [0.29, 0.717) is 28.0 Å². The quantitative estimate of drug-likeness (QED) is 0.289. The van der Waals surface area contributed by atoms with Crippen molar-refractivity contribution in [2.45, 2.75) is 39.2 Å². The average molecular weight is 590 g/mol. The molecule has 9 nitrogen and oxygen atoms in total. The number of anilines is 1. The van der Waals surface area contributed by atoms with Crippen molar-refractivity contribution in [3.05, 3.63) is 100.0 Å². The summed E-state index contributed by atoms with van der Waals surface area (Å²) in [7, 11) is 0. The standard InChI is InChI=1S/C31H29ClFN5O4/c32-26-2-1-3-27(33)25(26)19-42-24-8-4-20(5-9-24)16-36-17-22-7-6-21(14-23(22)18-36)30-34-15-29(37(30)12-13-39)38-11-10-28(40)35-31(38)41/h1-9,14-15,39H,10-13,16-19H2,(H,35,40,41). The average Bonchev–Trinajstić information content (AvgIpc) is 3.57. The molecule has 3 aromatic carbocycles. The molecule has 2 aliphatic heterocycles. The second-order valence-electron chi connectivity index (χ2n) is 10.3. The van der Waals surface area contributed by atoms with Crippen LogP contribution in [0.1, 0.15) is 28.7 Å². The van der Waals surface area contributed by atoms with Crippen LogP contribution in [-0.2, 0) is 37.6 Å². The highest BCUT2D eigenvalue weighted by Crippen LogP contribution is 2.32. The van der Waals surface area contributed by atoms with E-state index in [9.17, 15) is 19.1 Å². The van der Waals surface area contributed by atoms with Gasteiger partial charge in [0.1, 0.15) is 29.8 Å². The number of carbonyl (C=O) groups is 2. The Morgan fingerprint density at radius 3 is 2.62 bits per heavy atom. The van der Waals surface area contributed by atoms with Crippen LogP contribution in [0.4, 0.5) is 15.0 Å². The minimum Gasteiger partial charge on any atom is -0.489 e. The number of hydrogen-bond acceptors (Lipinski definition) is 6. The predicted octanol–water partition coefficient (Wildman–Crippen LogP) is 4.88. The Balaban J connectivity index is 1.12. The summed E-state index contributed by atoms with van der Waals surface area (Å²) < 4.78 is 21.6. The highest BCUT2D eigenvalue weighted by molar-refractivity contribution is 6.31. The normalized spacial score (nSPS) is 15.2. The second-order valence-corrected chi connectivity index (χ2v) is 10.7. The van der Waals surface area contributed by atoms with Crippen LogP contribution in [0.5, 0.6) is 5.75 Å². The monoisotopic (exact) mass is 589 g/mol. The number of aliphatic hydroxyl groups excluding tert-OH is 1. The highest BCUT2D eigenvalue weighted by atomic mass is 35.5. The highest BCUT2D eigenvalue weighted by Gasteiger charge is 2.28. The van der Waals surface area contributed by atoms with Gasteiger partial charge in [0.2, 0.25) is 5.91 Å². The molecule has 11 heteroatoms. The van der Waals surface area contributed by atoms with Crippen molar-refractivity contribution in [3.63, 3.8) is 0 Å². The van der Waals surface area contributed by atoms with E-state index in [4.69, 9.17) is 16.3 Å². The minimum atomic E-state index is -0.490. The molecule has 4 aromatic rings. The molecule has 0 spiro atoms. The Bertz CT molecular complexity index is 1620. The number of benzene rings is 3. The van der Waals surface area contributed by atoms with E-state index in [1.54, 1.807) is 18.3 Å². The van der Waals surface area contributed by atoms with Gasteiger partial charge in [-0.25, -0.2) is 14.2 Å². The van der Waals surface area contributed by atoms with Crippen LogP contribution < -0.4 is 15.0 Å². The topological polar surface area (TPSA) is 99.9 Å². The molecule has 0 atom stereocenters. The molecule has 216 valence electrons. The van der Waals surface area contributed by atoms with Crippen LogP contribution in [0, 0.1) is 5.82 Å². The fourth-order valence-corrected chi connectivity index (χ4v) is 5.62. The molecule has 0 bridgehead atoms. The molecule has 0 aliphatic carbocycles. The van der Waals surface area contributed by atoms with Gasteiger partial charge in [0, 0.05) is 50.3 Å². The predicted molar refractivity (Wildman–Crippen MR) is 155 cm³/mol. The van der Waals surface area contributed by atoms with E-state index < -0.39 is 6.03 Å². The molecular weight excluding hydrogens is 561 g/mol. The lowest BCUT2D eigenvalue weighted by Crippen LogP contribution is -2.50. The summed E-state index contributed by atoms with van der Waals surface area (Å²) in [6, 6.07) is 18.1. The molecule has 1 fully saturated rings. The van der Waals surface area contributed by atoms with Gasteiger partial charge < -0.3 is 14.4 Å². The first-order valence-corrected chi connectivity index (χ1v) is 14.0. The first-order chi connectivity index (χ1) is 20.4. The zero-order valence-electron chi connectivity index (χ0n) is 22.7. The maximum absolute atomic E-state index is 14.0. The van der Waals surface area contributed by atoms with Crippen molar-refractivity contribution in [2.75, 3.05) is 18.1 Å². The third-order valence-electron chi connectivity index (χ3n) is 7.52. The van der Waals surface area contributed by atoms with Crippen LogP contribution in [0.3, 0.4) is 0 Å². The zero-order chi connectivity index (χ0) is 29.2. The smallest absolute Gasteiger partial charge is 0.329 e. The lowest BCUT2D eigenvalue weighted by molar-refractivity contribution is -0.120. The third-order valence-corrected chi connectivity index (χ3v) is 7.87. The van der Waals surface area contributed by atoms with E-state index >= 15 is 0 Å². The summed E-state index contributed by atoms with van der Waals surface area (Å²) in [5.74, 6) is 1.13. The van der Waals surface area contributed by atoms with Gasteiger partial charge >= 0.3 is 6.03 Å². The molecular formula is C31H29ClFN5O4. The number of aromatic nitrogens is 2. The number of fused-ring (bicyclic) bond motifs is 1. The zero-order valence-corrected chi connectivity index (χ0v) is 23.5. The molecule has 6 rings (SSSR count). The summed E-state index contributed by atoms with van der Waals surface area (Å²) in [5, 5.41) is 12.4. The van der Waals surface area contributed by atoms with E-state index in [-0.39, 0.29) is 44.4 Å². The molecule has 1 saturated heterocycles. The number of carbonyl (C=O) groups excluding carboxylic acids is 2. The third kappa shape index (κ3) is 5.74. The van der Waals surface area contributed by atoms with Gasteiger partial charge in [-0.2, -0.15) is 0 Å². The minimum absolute atomic E-state index is 0.0531. The van der Waals surface area contributed by atoms with Crippen molar-refractivity contribution in [2.24, 2.45) is 0 Å². The van der Waals surface area contributed by atoms with Crippen LogP contribution in [-0.4, -0.2) is 44.6 Å². The number of aliphatic hydroxyl groups is 1. The first kappa shape index (κ1) is 27.9. The summed E-state index contributed by atoms with van der Waals surface area (Å²) in [6.45, 7) is 2.76. The summed E-state index contributed by atoms with van der Waals surface area (Å²) in [6.07, 6.45) is 1.82. The van der Waals surface area contributed by atoms with Crippen LogP contribution in [0.2, 0.25) is 5.02 Å². The molecule has 0 radical (unpaired) electrons. The maximum Gasteiger partial charge on any atom is 0.329 e. The Morgan fingerprint density at radius 1 is 1.05 bits per heavy atom. The molecule has 1 aromatic heterocycles. The number of ether oxygens (including phenoxy) is 1. The summed E-state index contributed by atoms with van der Waals surface area (Å²) in [4.78, 5) is 32.5. The van der Waals surface area contributed by atoms with Crippen LogP contribution in [0.15, 0.2) is 66.9 Å². The Morgan fingerprint density at radius 2 is 1.86 bits per heavy atom. The van der Waals surface area contributed by atoms with E-state index in [0.717, 1.165) is 30.8 Å². The van der Waals surface area contributed by atoms with Gasteiger partial charge in [0.25, 0.3) is 0 Å². The molecule has 2 aliphatic rings. The van der Waals surface area contributed by atoms with Crippen molar-refractivity contribution in [1.29, 1.82) is 0 Å². The van der Waals surface area contributed by atoms with Gasteiger partial charge in [-0.3, -0.25) is 19.9 Å².